The Morgan fingerprint density at radius 2 is 2.29 bits per heavy atom. The second-order valence-electron chi connectivity index (χ2n) is 5.27. The molecule has 1 aliphatic rings. The molecule has 0 spiro atoms. The van der Waals surface area contributed by atoms with Crippen LogP contribution < -0.4 is 5.73 Å². The van der Waals surface area contributed by atoms with Gasteiger partial charge >= 0.3 is 11.9 Å². The Morgan fingerprint density at radius 1 is 1.57 bits per heavy atom. The fraction of sp³-hybridized carbons (Fsp3) is 0.615. The number of nitrogens with zero attached hydrogens (tertiary/aromatic N) is 3. The molecule has 21 heavy (non-hydrogen) atoms. The highest BCUT2D eigenvalue weighted by Gasteiger charge is 2.41. The molecule has 3 N–H and O–H groups in total. The van der Waals surface area contributed by atoms with Crippen LogP contribution in [0, 0.1) is 0 Å². The SMILES string of the molecule is CCOC(=O)c1cnn(C)c1CN1CCC(N)(C(=O)O)C1. The molecule has 2 rings (SSSR count). The molecule has 0 saturated carbocycles. The summed E-state index contributed by atoms with van der Waals surface area (Å²) in [5.74, 6) is -1.42. The molecular formula is C13H20N4O4. The number of hydrogen-bond donors (Lipinski definition) is 2. The lowest BCUT2D eigenvalue weighted by Crippen LogP contribution is -2.50. The molecule has 1 fully saturated rings. The molecule has 0 aliphatic carbocycles. The van der Waals surface area contributed by atoms with Gasteiger partial charge in [0.25, 0.3) is 0 Å². The summed E-state index contributed by atoms with van der Waals surface area (Å²) < 4.78 is 6.60. The summed E-state index contributed by atoms with van der Waals surface area (Å²) in [6.45, 7) is 3.26. The maximum Gasteiger partial charge on any atom is 0.341 e. The molecule has 8 heteroatoms. The van der Waals surface area contributed by atoms with Gasteiger partial charge in [-0.15, -0.1) is 0 Å². The number of aliphatic carboxylic acids is 1. The van der Waals surface area contributed by atoms with Gasteiger partial charge in [0, 0.05) is 26.7 Å². The summed E-state index contributed by atoms with van der Waals surface area (Å²) >= 11 is 0. The lowest BCUT2D eigenvalue weighted by Gasteiger charge is -2.20. The van der Waals surface area contributed by atoms with E-state index in [1.54, 1.807) is 18.7 Å². The highest BCUT2D eigenvalue weighted by Crippen LogP contribution is 2.22. The van der Waals surface area contributed by atoms with Crippen molar-refractivity contribution in [3.05, 3.63) is 17.5 Å². The minimum atomic E-state index is -1.22. The van der Waals surface area contributed by atoms with E-state index in [1.165, 1.54) is 6.20 Å². The summed E-state index contributed by atoms with van der Waals surface area (Å²) in [5.41, 5.74) is 5.73. The number of carbonyl (C=O) groups excluding carboxylic acids is 1. The van der Waals surface area contributed by atoms with Crippen LogP contribution in [0.15, 0.2) is 6.20 Å². The molecule has 8 nitrogen and oxygen atoms in total. The van der Waals surface area contributed by atoms with Crippen molar-refractivity contribution in [3.63, 3.8) is 0 Å². The average Bonchev–Trinajstić information content (AvgIpc) is 2.96. The van der Waals surface area contributed by atoms with Crippen molar-refractivity contribution < 1.29 is 19.4 Å². The molecule has 116 valence electrons. The molecule has 2 heterocycles. The third kappa shape index (κ3) is 3.06. The van der Waals surface area contributed by atoms with Gasteiger partial charge in [0.05, 0.1) is 18.5 Å². The zero-order chi connectivity index (χ0) is 15.6. The number of nitrogens with two attached hydrogens (primary N) is 1. The Kier molecular flexibility index (Phi) is 4.29. The lowest BCUT2D eigenvalue weighted by atomic mass is 10.0. The molecule has 1 atom stereocenters. The van der Waals surface area contributed by atoms with E-state index < -0.39 is 17.5 Å². The molecule has 0 aromatic carbocycles. The van der Waals surface area contributed by atoms with Crippen molar-refractivity contribution in [2.75, 3.05) is 19.7 Å². The van der Waals surface area contributed by atoms with Gasteiger partial charge in [-0.05, 0) is 13.3 Å². The van der Waals surface area contributed by atoms with E-state index >= 15 is 0 Å². The largest absolute Gasteiger partial charge is 0.480 e. The van der Waals surface area contributed by atoms with E-state index in [9.17, 15) is 9.59 Å². The van der Waals surface area contributed by atoms with Crippen molar-refractivity contribution >= 4 is 11.9 Å². The van der Waals surface area contributed by atoms with Gasteiger partial charge < -0.3 is 15.6 Å². The van der Waals surface area contributed by atoms with E-state index in [0.717, 1.165) is 0 Å². The minimum absolute atomic E-state index is 0.246. The summed E-state index contributed by atoms with van der Waals surface area (Å²) in [7, 11) is 1.74. The fourth-order valence-electron chi connectivity index (χ4n) is 2.47. The first-order chi connectivity index (χ1) is 9.87. The second-order valence-corrected chi connectivity index (χ2v) is 5.27. The van der Waals surface area contributed by atoms with Gasteiger partial charge in [-0.3, -0.25) is 14.4 Å². The van der Waals surface area contributed by atoms with Crippen LogP contribution in [0.4, 0.5) is 0 Å². The summed E-state index contributed by atoms with van der Waals surface area (Å²) in [6, 6.07) is 0. The number of carboxylic acid groups (broad SMARTS) is 1. The fourth-order valence-corrected chi connectivity index (χ4v) is 2.47. The predicted molar refractivity (Wildman–Crippen MR) is 73.6 cm³/mol. The first-order valence-corrected chi connectivity index (χ1v) is 6.80. The molecule has 1 aliphatic heterocycles. The van der Waals surface area contributed by atoms with Crippen molar-refractivity contribution in [3.8, 4) is 0 Å². The Hall–Kier alpha value is -1.93. The number of esters is 1. The van der Waals surface area contributed by atoms with Gasteiger partial charge in [-0.25, -0.2) is 4.79 Å². The van der Waals surface area contributed by atoms with Gasteiger partial charge in [0.1, 0.15) is 11.1 Å². The van der Waals surface area contributed by atoms with E-state index in [2.05, 4.69) is 5.10 Å². The van der Waals surface area contributed by atoms with E-state index in [1.807, 2.05) is 4.90 Å². The number of carbonyl (C=O) groups is 2. The molecule has 1 saturated heterocycles. The number of likely N-dealkylation sites (tertiary alicyclic amines) is 1. The normalized spacial score (nSPS) is 22.4. The molecule has 0 bridgehead atoms. The van der Waals surface area contributed by atoms with Gasteiger partial charge in [0.2, 0.25) is 0 Å². The summed E-state index contributed by atoms with van der Waals surface area (Å²) in [5, 5.41) is 13.2. The molecule has 1 aromatic rings. The van der Waals surface area contributed by atoms with Crippen LogP contribution in [0.1, 0.15) is 29.4 Å². The molecular weight excluding hydrogens is 276 g/mol. The smallest absolute Gasteiger partial charge is 0.341 e. The van der Waals surface area contributed by atoms with Crippen LogP contribution in [0.2, 0.25) is 0 Å². The number of rotatable bonds is 5. The van der Waals surface area contributed by atoms with E-state index in [-0.39, 0.29) is 6.54 Å². The molecule has 1 aromatic heterocycles. The third-order valence-electron chi connectivity index (χ3n) is 3.74. The lowest BCUT2D eigenvalue weighted by molar-refractivity contribution is -0.142. The number of ether oxygens (including phenoxy) is 1. The first-order valence-electron chi connectivity index (χ1n) is 6.80. The van der Waals surface area contributed by atoms with Crippen LogP contribution >= 0.6 is 0 Å². The molecule has 0 amide bonds. The number of hydrogen-bond acceptors (Lipinski definition) is 6. The number of carboxylic acids is 1. The molecule has 0 radical (unpaired) electrons. The molecule has 1 unspecified atom stereocenters. The van der Waals surface area contributed by atoms with Gasteiger partial charge in [-0.2, -0.15) is 5.10 Å². The van der Waals surface area contributed by atoms with Gasteiger partial charge in [0.15, 0.2) is 0 Å². The maximum atomic E-state index is 11.9. The average molecular weight is 296 g/mol. The number of aromatic nitrogens is 2. The van der Waals surface area contributed by atoms with Crippen LogP contribution in [0.3, 0.4) is 0 Å². The van der Waals surface area contributed by atoms with Crippen molar-refractivity contribution in [2.45, 2.75) is 25.4 Å². The summed E-state index contributed by atoms with van der Waals surface area (Å²) in [6.07, 6.45) is 1.85. The predicted octanol–water partition coefficient (Wildman–Crippen LogP) is -0.415. The van der Waals surface area contributed by atoms with Crippen LogP contribution in [0.25, 0.3) is 0 Å². The Morgan fingerprint density at radius 3 is 2.86 bits per heavy atom. The highest BCUT2D eigenvalue weighted by molar-refractivity contribution is 5.90. The van der Waals surface area contributed by atoms with Crippen molar-refractivity contribution in [2.24, 2.45) is 12.8 Å². The topological polar surface area (TPSA) is 111 Å². The van der Waals surface area contributed by atoms with E-state index in [4.69, 9.17) is 15.6 Å². The second kappa shape index (κ2) is 5.82. The quantitative estimate of drug-likeness (QED) is 0.710. The van der Waals surface area contributed by atoms with Gasteiger partial charge in [-0.1, -0.05) is 0 Å². The monoisotopic (exact) mass is 296 g/mol. The first kappa shape index (κ1) is 15.5. The van der Waals surface area contributed by atoms with Crippen LogP contribution in [0.5, 0.6) is 0 Å². The highest BCUT2D eigenvalue weighted by atomic mass is 16.5. The van der Waals surface area contributed by atoms with Crippen molar-refractivity contribution in [1.82, 2.24) is 14.7 Å². The van der Waals surface area contributed by atoms with E-state index in [0.29, 0.717) is 37.4 Å². The zero-order valence-corrected chi connectivity index (χ0v) is 12.2. The Labute approximate surface area is 122 Å². The third-order valence-corrected chi connectivity index (χ3v) is 3.74. The zero-order valence-electron chi connectivity index (χ0n) is 12.2. The number of aryl methyl sites for hydroxylation is 1. The Bertz CT molecular complexity index is 556. The van der Waals surface area contributed by atoms with Crippen LogP contribution in [-0.2, 0) is 23.1 Å². The standard InChI is InChI=1S/C13H20N4O4/c1-3-21-11(18)9-6-15-16(2)10(9)7-17-5-4-13(14,8-17)12(19)20/h6H,3-5,7-8,14H2,1-2H3,(H,19,20). The maximum absolute atomic E-state index is 11.9. The minimum Gasteiger partial charge on any atom is -0.480 e. The Balaban J connectivity index is 2.12. The summed E-state index contributed by atoms with van der Waals surface area (Å²) in [4.78, 5) is 24.9. The van der Waals surface area contributed by atoms with Crippen molar-refractivity contribution in [1.29, 1.82) is 0 Å². The van der Waals surface area contributed by atoms with Crippen LogP contribution in [-0.4, -0.2) is 57.0 Å².